The number of halogens is 1. The van der Waals surface area contributed by atoms with Gasteiger partial charge >= 0.3 is 0 Å². The third-order valence-corrected chi connectivity index (χ3v) is 5.67. The van der Waals surface area contributed by atoms with Crippen molar-refractivity contribution in [1.29, 1.82) is 0 Å². The molecule has 2 fully saturated rings. The maximum absolute atomic E-state index is 13.8. The van der Waals surface area contributed by atoms with Gasteiger partial charge in [0, 0.05) is 16.4 Å². The van der Waals surface area contributed by atoms with Crippen molar-refractivity contribution in [1.82, 2.24) is 0 Å². The fraction of sp³-hybridized carbons (Fsp3) is 0.533. The minimum Gasteiger partial charge on any atom is -0.294 e. The lowest BCUT2D eigenvalue weighted by atomic mass is 9.89. The van der Waals surface area contributed by atoms with Crippen molar-refractivity contribution >= 4 is 17.5 Å². The molecule has 0 saturated carbocycles. The van der Waals surface area contributed by atoms with Gasteiger partial charge in [-0.25, -0.2) is 4.39 Å². The van der Waals surface area contributed by atoms with Crippen molar-refractivity contribution in [3.8, 4) is 0 Å². The number of thioether (sulfide) groups is 1. The monoisotopic (exact) mass is 264 g/mol. The third kappa shape index (κ3) is 2.20. The fourth-order valence-electron chi connectivity index (χ4n) is 3.12. The van der Waals surface area contributed by atoms with Gasteiger partial charge in [-0.2, -0.15) is 11.8 Å². The van der Waals surface area contributed by atoms with Crippen LogP contribution in [-0.2, 0) is 0 Å². The number of Topliss-reactive ketones (excluding diaryl/α,β-unsaturated/α-hetero) is 1. The van der Waals surface area contributed by atoms with E-state index in [2.05, 4.69) is 0 Å². The number of ketones is 1. The summed E-state index contributed by atoms with van der Waals surface area (Å²) in [6, 6.07) is 4.82. The van der Waals surface area contributed by atoms with E-state index < -0.39 is 0 Å². The van der Waals surface area contributed by atoms with E-state index in [-0.39, 0.29) is 17.5 Å². The average molecular weight is 264 g/mol. The summed E-state index contributed by atoms with van der Waals surface area (Å²) in [4.78, 5) is 12.4. The van der Waals surface area contributed by atoms with Gasteiger partial charge in [0.15, 0.2) is 5.78 Å². The van der Waals surface area contributed by atoms with Gasteiger partial charge < -0.3 is 0 Å². The molecule has 2 atom stereocenters. The molecule has 96 valence electrons. The summed E-state index contributed by atoms with van der Waals surface area (Å²) in [5, 5.41) is 1.26. The number of fused-ring (bicyclic) bond motifs is 2. The van der Waals surface area contributed by atoms with Crippen LogP contribution in [0.15, 0.2) is 18.2 Å². The Morgan fingerprint density at radius 3 is 2.61 bits per heavy atom. The second-order valence-electron chi connectivity index (χ2n) is 5.47. The Hall–Kier alpha value is -0.830. The first-order valence-electron chi connectivity index (χ1n) is 6.59. The Labute approximate surface area is 111 Å². The van der Waals surface area contributed by atoms with E-state index in [0.717, 1.165) is 18.4 Å². The quantitative estimate of drug-likeness (QED) is 0.751. The summed E-state index contributed by atoms with van der Waals surface area (Å²) in [7, 11) is 0. The molecule has 1 aromatic rings. The highest BCUT2D eigenvalue weighted by atomic mass is 32.2. The summed E-state index contributed by atoms with van der Waals surface area (Å²) in [5.74, 6) is -0.301. The first-order valence-corrected chi connectivity index (χ1v) is 7.53. The van der Waals surface area contributed by atoms with Gasteiger partial charge in [0.05, 0.1) is 5.56 Å². The third-order valence-electron chi connectivity index (χ3n) is 4.05. The first kappa shape index (κ1) is 12.2. The van der Waals surface area contributed by atoms with Gasteiger partial charge in [0.1, 0.15) is 5.82 Å². The van der Waals surface area contributed by atoms with Gasteiger partial charge in [-0.15, -0.1) is 0 Å². The van der Waals surface area contributed by atoms with E-state index in [4.69, 9.17) is 0 Å². The van der Waals surface area contributed by atoms with E-state index in [9.17, 15) is 9.18 Å². The van der Waals surface area contributed by atoms with E-state index in [1.807, 2.05) is 18.7 Å². The number of hydrogen-bond acceptors (Lipinski definition) is 2. The van der Waals surface area contributed by atoms with Crippen LogP contribution in [0.2, 0.25) is 0 Å². The Kier molecular flexibility index (Phi) is 3.18. The van der Waals surface area contributed by atoms with Crippen LogP contribution >= 0.6 is 11.8 Å². The van der Waals surface area contributed by atoms with E-state index in [1.54, 1.807) is 12.1 Å². The molecule has 3 rings (SSSR count). The van der Waals surface area contributed by atoms with E-state index >= 15 is 0 Å². The molecular weight excluding hydrogens is 247 g/mol. The highest BCUT2D eigenvalue weighted by Crippen LogP contribution is 2.46. The second-order valence-corrected chi connectivity index (χ2v) is 7.08. The standard InChI is InChI=1S/C15H17FOS/c1-9-2-5-14(16)13(6-9)15(17)10-7-11-3-4-12(8-10)18-11/h2,5-6,10-12H,3-4,7-8H2,1H3. The minimum atomic E-state index is -0.365. The zero-order valence-corrected chi connectivity index (χ0v) is 11.3. The molecule has 18 heavy (non-hydrogen) atoms. The summed E-state index contributed by atoms with van der Waals surface area (Å²) >= 11 is 2.03. The van der Waals surface area contributed by atoms with Crippen molar-refractivity contribution in [2.45, 2.75) is 43.1 Å². The molecule has 2 heterocycles. The molecule has 0 N–H and O–H groups in total. The van der Waals surface area contributed by atoms with Crippen LogP contribution < -0.4 is 0 Å². The number of carbonyl (C=O) groups excluding carboxylic acids is 1. The van der Waals surface area contributed by atoms with Crippen molar-refractivity contribution in [2.24, 2.45) is 5.92 Å². The smallest absolute Gasteiger partial charge is 0.168 e. The average Bonchev–Trinajstić information content (AvgIpc) is 2.70. The molecular formula is C15H17FOS. The molecule has 1 aromatic carbocycles. The van der Waals surface area contributed by atoms with Crippen LogP contribution in [0.5, 0.6) is 0 Å². The molecule has 2 saturated heterocycles. The molecule has 0 spiro atoms. The lowest BCUT2D eigenvalue weighted by Gasteiger charge is -2.26. The number of hydrogen-bond donors (Lipinski definition) is 0. The summed E-state index contributed by atoms with van der Waals surface area (Å²) in [6.45, 7) is 1.90. The number of benzene rings is 1. The minimum absolute atomic E-state index is 0.0217. The van der Waals surface area contributed by atoms with Gasteiger partial charge in [0.2, 0.25) is 0 Å². The second kappa shape index (κ2) is 4.69. The molecule has 2 aliphatic rings. The number of carbonyl (C=O) groups is 1. The molecule has 0 aliphatic carbocycles. The summed E-state index contributed by atoms with van der Waals surface area (Å²) < 4.78 is 13.8. The highest BCUT2D eigenvalue weighted by molar-refractivity contribution is 8.00. The number of rotatable bonds is 2. The topological polar surface area (TPSA) is 17.1 Å². The molecule has 2 unspecified atom stereocenters. The zero-order chi connectivity index (χ0) is 12.7. The molecule has 0 radical (unpaired) electrons. The van der Waals surface area contributed by atoms with Gasteiger partial charge in [0.25, 0.3) is 0 Å². The lowest BCUT2D eigenvalue weighted by molar-refractivity contribution is 0.0902. The molecule has 0 aromatic heterocycles. The summed E-state index contributed by atoms with van der Waals surface area (Å²) in [5.41, 5.74) is 1.25. The van der Waals surface area contributed by atoms with Crippen molar-refractivity contribution in [3.05, 3.63) is 35.1 Å². The van der Waals surface area contributed by atoms with E-state index in [0.29, 0.717) is 16.1 Å². The van der Waals surface area contributed by atoms with E-state index in [1.165, 1.54) is 18.9 Å². The van der Waals surface area contributed by atoms with Gasteiger partial charge in [-0.05, 0) is 44.7 Å². The van der Waals surface area contributed by atoms with Crippen LogP contribution in [-0.4, -0.2) is 16.3 Å². The van der Waals surface area contributed by atoms with Crippen molar-refractivity contribution in [3.63, 3.8) is 0 Å². The highest BCUT2D eigenvalue weighted by Gasteiger charge is 2.38. The van der Waals surface area contributed by atoms with Crippen LogP contribution in [0.3, 0.4) is 0 Å². The summed E-state index contributed by atoms with van der Waals surface area (Å²) in [6.07, 6.45) is 4.34. The zero-order valence-electron chi connectivity index (χ0n) is 10.5. The van der Waals surface area contributed by atoms with Crippen LogP contribution in [0.4, 0.5) is 4.39 Å². The van der Waals surface area contributed by atoms with Crippen molar-refractivity contribution < 1.29 is 9.18 Å². The molecule has 3 heteroatoms. The Bertz CT molecular complexity index is 473. The predicted molar refractivity (Wildman–Crippen MR) is 72.6 cm³/mol. The fourth-order valence-corrected chi connectivity index (χ4v) is 4.90. The van der Waals surface area contributed by atoms with Crippen LogP contribution in [0, 0.1) is 18.7 Å². The van der Waals surface area contributed by atoms with Crippen LogP contribution in [0.25, 0.3) is 0 Å². The van der Waals surface area contributed by atoms with Crippen LogP contribution in [0.1, 0.15) is 41.6 Å². The molecule has 1 nitrogen and oxygen atoms in total. The maximum atomic E-state index is 13.8. The SMILES string of the molecule is Cc1ccc(F)c(C(=O)C2CC3CCC(C2)S3)c1. The Morgan fingerprint density at radius 2 is 1.94 bits per heavy atom. The molecule has 2 aliphatic heterocycles. The first-order chi connectivity index (χ1) is 8.63. The maximum Gasteiger partial charge on any atom is 0.168 e. The van der Waals surface area contributed by atoms with Gasteiger partial charge in [-0.3, -0.25) is 4.79 Å². The largest absolute Gasteiger partial charge is 0.294 e. The number of aryl methyl sites for hydroxylation is 1. The lowest BCUT2D eigenvalue weighted by Crippen LogP contribution is -2.25. The normalized spacial score (nSPS) is 30.4. The molecule has 2 bridgehead atoms. The van der Waals surface area contributed by atoms with Crippen molar-refractivity contribution in [2.75, 3.05) is 0 Å². The Morgan fingerprint density at radius 1 is 1.28 bits per heavy atom. The Balaban J connectivity index is 1.84. The van der Waals surface area contributed by atoms with Gasteiger partial charge in [-0.1, -0.05) is 11.6 Å². The molecule has 0 amide bonds. The predicted octanol–water partition coefficient (Wildman–Crippen LogP) is 3.99.